The molecule has 0 radical (unpaired) electrons. The highest BCUT2D eigenvalue weighted by Gasteiger charge is 2.32. The molecule has 1 aromatic carbocycles. The van der Waals surface area contributed by atoms with E-state index in [1.807, 2.05) is 0 Å². The zero-order valence-electron chi connectivity index (χ0n) is 12.7. The molecule has 1 aliphatic carbocycles. The lowest BCUT2D eigenvalue weighted by Crippen LogP contribution is -2.42. The third-order valence-corrected chi connectivity index (χ3v) is 4.30. The summed E-state index contributed by atoms with van der Waals surface area (Å²) in [7, 11) is 0. The van der Waals surface area contributed by atoms with E-state index in [9.17, 15) is 4.79 Å². The maximum Gasteiger partial charge on any atom is 0.320 e. The molecule has 1 aromatic heterocycles. The summed E-state index contributed by atoms with van der Waals surface area (Å²) >= 11 is 0. The Labute approximate surface area is 130 Å². The fourth-order valence-electron chi connectivity index (χ4n) is 3.12. The maximum absolute atomic E-state index is 12.0. The third kappa shape index (κ3) is 3.08. The average Bonchev–Trinajstić information content (AvgIpc) is 2.55. The second-order valence-corrected chi connectivity index (χ2v) is 5.99. The van der Waals surface area contributed by atoms with Crippen LogP contribution in [0.25, 0.3) is 0 Å². The van der Waals surface area contributed by atoms with Crippen LogP contribution in [0, 0.1) is 0 Å². The van der Waals surface area contributed by atoms with Gasteiger partial charge in [0.05, 0.1) is 0 Å². The van der Waals surface area contributed by atoms with Crippen molar-refractivity contribution in [3.63, 3.8) is 0 Å². The number of amides is 2. The number of aromatic nitrogens is 2. The molecule has 0 bridgehead atoms. The maximum atomic E-state index is 12.0. The summed E-state index contributed by atoms with van der Waals surface area (Å²) in [5.41, 5.74) is 2.72. The Balaban J connectivity index is 1.65. The fourth-order valence-corrected chi connectivity index (χ4v) is 3.12. The average molecular weight is 296 g/mol. The van der Waals surface area contributed by atoms with Crippen molar-refractivity contribution >= 4 is 11.8 Å². The minimum absolute atomic E-state index is 0.0193. The molecule has 0 saturated carbocycles. The number of nitrogens with zero attached hydrogens (tertiary/aromatic N) is 2. The molecule has 2 N–H and O–H groups in total. The van der Waals surface area contributed by atoms with Crippen LogP contribution in [0.3, 0.4) is 0 Å². The molecular weight excluding hydrogens is 276 g/mol. The van der Waals surface area contributed by atoms with E-state index in [1.165, 1.54) is 11.1 Å². The Bertz CT molecular complexity index is 659. The number of urea groups is 1. The highest BCUT2D eigenvalue weighted by Crippen LogP contribution is 2.36. The van der Waals surface area contributed by atoms with Crippen molar-refractivity contribution in [3.8, 4) is 0 Å². The van der Waals surface area contributed by atoms with Crippen molar-refractivity contribution in [1.29, 1.82) is 0 Å². The summed E-state index contributed by atoms with van der Waals surface area (Å²) in [6, 6.07) is 11.7. The summed E-state index contributed by atoms with van der Waals surface area (Å²) in [4.78, 5) is 12.0. The number of carbonyl (C=O) groups is 1. The molecule has 2 amide bonds. The van der Waals surface area contributed by atoms with Gasteiger partial charge in [0.15, 0.2) is 5.82 Å². The molecule has 1 atom stereocenters. The van der Waals surface area contributed by atoms with Gasteiger partial charge in [-0.25, -0.2) is 4.79 Å². The molecule has 0 spiro atoms. The highest BCUT2D eigenvalue weighted by molar-refractivity contribution is 5.88. The molecule has 5 nitrogen and oxygen atoms in total. The van der Waals surface area contributed by atoms with Crippen molar-refractivity contribution in [2.45, 2.75) is 31.6 Å². The van der Waals surface area contributed by atoms with Crippen molar-refractivity contribution < 1.29 is 4.79 Å². The molecule has 5 heteroatoms. The number of hydrogen-bond acceptors (Lipinski definition) is 3. The third-order valence-electron chi connectivity index (χ3n) is 4.30. The van der Waals surface area contributed by atoms with Crippen molar-refractivity contribution in [3.05, 3.63) is 53.7 Å². The molecular formula is C17H20N4O. The Hall–Kier alpha value is -2.43. The lowest BCUT2D eigenvalue weighted by atomic mass is 9.71. The quantitative estimate of drug-likeness (QED) is 0.915. The summed E-state index contributed by atoms with van der Waals surface area (Å²) in [6.45, 7) is 2.82. The van der Waals surface area contributed by atoms with Crippen LogP contribution in [0.1, 0.15) is 30.9 Å². The first-order chi connectivity index (χ1) is 10.7. The van der Waals surface area contributed by atoms with Gasteiger partial charge in [-0.2, -0.15) is 5.10 Å². The van der Waals surface area contributed by atoms with E-state index in [0.29, 0.717) is 12.4 Å². The van der Waals surface area contributed by atoms with Gasteiger partial charge in [-0.1, -0.05) is 31.2 Å². The number of aryl methyl sites for hydroxylation is 1. The molecule has 1 aliphatic rings. The normalized spacial score (nSPS) is 20.0. The van der Waals surface area contributed by atoms with Crippen LogP contribution in [0.5, 0.6) is 0 Å². The molecule has 2 aromatic rings. The SMILES string of the molecule is CC1(CNC(=O)Nc2cccnn2)CCCc2ccccc21. The van der Waals surface area contributed by atoms with Crippen LogP contribution < -0.4 is 10.6 Å². The number of fused-ring (bicyclic) bond motifs is 1. The van der Waals surface area contributed by atoms with Crippen molar-refractivity contribution in [2.75, 3.05) is 11.9 Å². The summed E-state index contributed by atoms with van der Waals surface area (Å²) in [5.74, 6) is 0.453. The van der Waals surface area contributed by atoms with Crippen LogP contribution in [0.15, 0.2) is 42.6 Å². The lowest BCUT2D eigenvalue weighted by molar-refractivity contribution is 0.247. The number of benzene rings is 1. The first-order valence-corrected chi connectivity index (χ1v) is 7.58. The molecule has 114 valence electrons. The molecule has 0 aliphatic heterocycles. The van der Waals surface area contributed by atoms with Gasteiger partial charge in [0.2, 0.25) is 0 Å². The van der Waals surface area contributed by atoms with E-state index in [4.69, 9.17) is 0 Å². The Morgan fingerprint density at radius 1 is 1.27 bits per heavy atom. The summed E-state index contributed by atoms with van der Waals surface area (Å²) in [5, 5.41) is 13.2. The monoisotopic (exact) mass is 296 g/mol. The minimum atomic E-state index is -0.246. The van der Waals surface area contributed by atoms with E-state index in [-0.39, 0.29) is 11.4 Å². The van der Waals surface area contributed by atoms with E-state index >= 15 is 0 Å². The van der Waals surface area contributed by atoms with Crippen LogP contribution in [-0.4, -0.2) is 22.8 Å². The van der Waals surface area contributed by atoms with Gasteiger partial charge < -0.3 is 5.32 Å². The van der Waals surface area contributed by atoms with Gasteiger partial charge in [0.25, 0.3) is 0 Å². The van der Waals surface area contributed by atoms with Crippen molar-refractivity contribution in [1.82, 2.24) is 15.5 Å². The second-order valence-electron chi connectivity index (χ2n) is 5.99. The minimum Gasteiger partial charge on any atom is -0.337 e. The van der Waals surface area contributed by atoms with E-state index in [0.717, 1.165) is 19.3 Å². The molecule has 1 heterocycles. The smallest absolute Gasteiger partial charge is 0.320 e. The number of rotatable bonds is 3. The van der Waals surface area contributed by atoms with Crippen molar-refractivity contribution in [2.24, 2.45) is 0 Å². The fraction of sp³-hybridized carbons (Fsp3) is 0.353. The summed E-state index contributed by atoms with van der Waals surface area (Å²) in [6.07, 6.45) is 4.93. The zero-order valence-corrected chi connectivity index (χ0v) is 12.7. The highest BCUT2D eigenvalue weighted by atomic mass is 16.2. The Morgan fingerprint density at radius 3 is 2.95 bits per heavy atom. The van der Waals surface area contributed by atoms with Gasteiger partial charge in [-0.3, -0.25) is 5.32 Å². The summed E-state index contributed by atoms with van der Waals surface area (Å²) < 4.78 is 0. The van der Waals surface area contributed by atoms with Gasteiger partial charge >= 0.3 is 6.03 Å². The Morgan fingerprint density at radius 2 is 2.14 bits per heavy atom. The molecule has 3 rings (SSSR count). The van der Waals surface area contributed by atoms with E-state index in [1.54, 1.807) is 18.3 Å². The molecule has 1 unspecified atom stereocenters. The van der Waals surface area contributed by atoms with Gasteiger partial charge in [0.1, 0.15) is 0 Å². The largest absolute Gasteiger partial charge is 0.337 e. The van der Waals surface area contributed by atoms with E-state index < -0.39 is 0 Å². The standard InChI is InChI=1S/C17H20N4O/c1-17(10-4-7-13-6-2-3-8-14(13)17)12-18-16(22)20-15-9-5-11-19-21-15/h2-3,5-6,8-9,11H,4,7,10,12H2,1H3,(H2,18,20,21,22). The van der Waals surface area contributed by atoms with Crippen LogP contribution in [0.2, 0.25) is 0 Å². The van der Waals surface area contributed by atoms with Gasteiger partial charge in [-0.15, -0.1) is 5.10 Å². The predicted molar refractivity (Wildman–Crippen MR) is 85.8 cm³/mol. The zero-order chi connectivity index (χ0) is 15.4. The number of anilines is 1. The molecule has 0 saturated heterocycles. The van der Waals surface area contributed by atoms with Gasteiger partial charge in [-0.05, 0) is 42.5 Å². The van der Waals surface area contributed by atoms with Gasteiger partial charge in [0, 0.05) is 18.2 Å². The number of nitrogens with one attached hydrogen (secondary N) is 2. The van der Waals surface area contributed by atoms with Crippen LogP contribution >= 0.6 is 0 Å². The topological polar surface area (TPSA) is 66.9 Å². The first-order valence-electron chi connectivity index (χ1n) is 7.58. The molecule has 0 fully saturated rings. The van der Waals surface area contributed by atoms with Crippen LogP contribution in [-0.2, 0) is 11.8 Å². The first kappa shape index (κ1) is 14.5. The van der Waals surface area contributed by atoms with Crippen LogP contribution in [0.4, 0.5) is 10.6 Å². The number of carbonyl (C=O) groups excluding carboxylic acids is 1. The lowest BCUT2D eigenvalue weighted by Gasteiger charge is -2.36. The molecule has 22 heavy (non-hydrogen) atoms. The predicted octanol–water partition coefficient (Wildman–Crippen LogP) is 2.89. The second kappa shape index (κ2) is 6.13. The van der Waals surface area contributed by atoms with E-state index in [2.05, 4.69) is 52.0 Å². The Kier molecular flexibility index (Phi) is 4.04. The number of hydrogen-bond donors (Lipinski definition) is 2.